The standard InChI is InChI=1S/C12H21NO/c1-2-9-14-12(5-1)7-6-11-4-3-8-13-10-11/h6-7,11-13H,1-5,8-10H2/b7-6+. The predicted octanol–water partition coefficient (Wildman–Crippen LogP) is 2.11. The summed E-state index contributed by atoms with van der Waals surface area (Å²) in [6.45, 7) is 3.31. The van der Waals surface area contributed by atoms with Gasteiger partial charge in [0.15, 0.2) is 0 Å². The van der Waals surface area contributed by atoms with Gasteiger partial charge in [-0.15, -0.1) is 0 Å². The van der Waals surface area contributed by atoms with E-state index >= 15 is 0 Å². The molecule has 2 fully saturated rings. The average Bonchev–Trinajstić information content (AvgIpc) is 2.29. The van der Waals surface area contributed by atoms with Crippen LogP contribution in [0.1, 0.15) is 32.1 Å². The summed E-state index contributed by atoms with van der Waals surface area (Å²) >= 11 is 0. The van der Waals surface area contributed by atoms with Crippen molar-refractivity contribution in [3.05, 3.63) is 12.2 Å². The molecule has 2 atom stereocenters. The van der Waals surface area contributed by atoms with Crippen LogP contribution in [-0.2, 0) is 4.74 Å². The van der Waals surface area contributed by atoms with Gasteiger partial charge in [0, 0.05) is 13.2 Å². The minimum Gasteiger partial charge on any atom is -0.374 e. The van der Waals surface area contributed by atoms with E-state index in [1.807, 2.05) is 0 Å². The third-order valence-electron chi connectivity index (χ3n) is 3.15. The van der Waals surface area contributed by atoms with E-state index in [1.165, 1.54) is 38.6 Å². The molecule has 80 valence electrons. The number of ether oxygens (including phenoxy) is 1. The number of rotatable bonds is 2. The van der Waals surface area contributed by atoms with E-state index in [1.54, 1.807) is 0 Å². The Hall–Kier alpha value is -0.340. The maximum atomic E-state index is 5.66. The van der Waals surface area contributed by atoms with Gasteiger partial charge >= 0.3 is 0 Å². The van der Waals surface area contributed by atoms with Crippen molar-refractivity contribution in [2.45, 2.75) is 38.2 Å². The summed E-state index contributed by atoms with van der Waals surface area (Å²) in [7, 11) is 0. The highest BCUT2D eigenvalue weighted by Gasteiger charge is 2.13. The molecule has 0 aromatic heterocycles. The fraction of sp³-hybridized carbons (Fsp3) is 0.833. The minimum absolute atomic E-state index is 0.408. The largest absolute Gasteiger partial charge is 0.374 e. The summed E-state index contributed by atoms with van der Waals surface area (Å²) in [5, 5.41) is 3.43. The second-order valence-electron chi connectivity index (χ2n) is 4.40. The van der Waals surface area contributed by atoms with Crippen molar-refractivity contribution in [2.24, 2.45) is 5.92 Å². The molecule has 0 bridgehead atoms. The molecule has 2 nitrogen and oxygen atoms in total. The number of hydrogen-bond acceptors (Lipinski definition) is 2. The summed E-state index contributed by atoms with van der Waals surface area (Å²) in [6.07, 6.45) is 11.5. The van der Waals surface area contributed by atoms with Crippen molar-refractivity contribution in [3.63, 3.8) is 0 Å². The molecule has 2 saturated heterocycles. The van der Waals surface area contributed by atoms with E-state index in [0.717, 1.165) is 19.1 Å². The van der Waals surface area contributed by atoms with Crippen molar-refractivity contribution >= 4 is 0 Å². The topological polar surface area (TPSA) is 21.3 Å². The van der Waals surface area contributed by atoms with E-state index in [4.69, 9.17) is 4.74 Å². The molecule has 0 radical (unpaired) electrons. The van der Waals surface area contributed by atoms with Gasteiger partial charge in [0.1, 0.15) is 0 Å². The molecule has 14 heavy (non-hydrogen) atoms. The number of piperidine rings is 1. The zero-order chi connectivity index (χ0) is 9.64. The molecule has 0 amide bonds. The van der Waals surface area contributed by atoms with Gasteiger partial charge < -0.3 is 10.1 Å². The molecule has 2 aliphatic rings. The number of nitrogens with one attached hydrogen (secondary N) is 1. The van der Waals surface area contributed by atoms with Crippen molar-refractivity contribution in [3.8, 4) is 0 Å². The molecule has 2 aliphatic heterocycles. The van der Waals surface area contributed by atoms with Crippen LogP contribution in [0.4, 0.5) is 0 Å². The Morgan fingerprint density at radius 1 is 1.07 bits per heavy atom. The molecule has 0 spiro atoms. The molecule has 2 unspecified atom stereocenters. The maximum Gasteiger partial charge on any atom is 0.0755 e. The van der Waals surface area contributed by atoms with E-state index in [9.17, 15) is 0 Å². The normalized spacial score (nSPS) is 34.9. The SMILES string of the molecule is C(=C\C1CCCCO1)/C1CCCNC1. The smallest absolute Gasteiger partial charge is 0.0755 e. The Morgan fingerprint density at radius 3 is 2.79 bits per heavy atom. The minimum atomic E-state index is 0.408. The van der Waals surface area contributed by atoms with Crippen LogP contribution in [0.25, 0.3) is 0 Å². The summed E-state index contributed by atoms with van der Waals surface area (Å²) in [6, 6.07) is 0. The molecular formula is C12H21NO. The van der Waals surface area contributed by atoms with Gasteiger partial charge in [0.05, 0.1) is 6.10 Å². The van der Waals surface area contributed by atoms with Gasteiger partial charge in [-0.3, -0.25) is 0 Å². The highest BCUT2D eigenvalue weighted by atomic mass is 16.5. The maximum absolute atomic E-state index is 5.66. The van der Waals surface area contributed by atoms with E-state index in [0.29, 0.717) is 6.10 Å². The highest BCUT2D eigenvalue weighted by molar-refractivity contribution is 4.96. The zero-order valence-electron chi connectivity index (χ0n) is 8.87. The van der Waals surface area contributed by atoms with Crippen LogP contribution in [0, 0.1) is 5.92 Å². The van der Waals surface area contributed by atoms with Gasteiger partial charge in [0.25, 0.3) is 0 Å². The fourth-order valence-corrected chi connectivity index (χ4v) is 2.24. The second-order valence-corrected chi connectivity index (χ2v) is 4.40. The van der Waals surface area contributed by atoms with E-state index in [2.05, 4.69) is 17.5 Å². The summed E-state index contributed by atoms with van der Waals surface area (Å²) < 4.78 is 5.66. The molecule has 1 N–H and O–H groups in total. The predicted molar refractivity (Wildman–Crippen MR) is 58.3 cm³/mol. The second kappa shape index (κ2) is 5.52. The van der Waals surface area contributed by atoms with Crippen LogP contribution < -0.4 is 5.32 Å². The van der Waals surface area contributed by atoms with Crippen LogP contribution in [0.3, 0.4) is 0 Å². The molecule has 2 heteroatoms. The molecule has 0 aromatic carbocycles. The molecule has 0 saturated carbocycles. The van der Waals surface area contributed by atoms with Crippen LogP contribution in [-0.4, -0.2) is 25.8 Å². The summed E-state index contributed by atoms with van der Waals surface area (Å²) in [5.74, 6) is 0.745. The van der Waals surface area contributed by atoms with Crippen molar-refractivity contribution < 1.29 is 4.74 Å². The number of hydrogen-bond donors (Lipinski definition) is 1. The molecular weight excluding hydrogens is 174 g/mol. The average molecular weight is 195 g/mol. The van der Waals surface area contributed by atoms with Gasteiger partial charge in [0.2, 0.25) is 0 Å². The van der Waals surface area contributed by atoms with Gasteiger partial charge in [-0.05, 0) is 44.6 Å². The Kier molecular flexibility index (Phi) is 4.02. The molecule has 0 aliphatic carbocycles. The Bertz CT molecular complexity index is 159. The molecule has 0 aromatic rings. The molecule has 2 heterocycles. The lowest BCUT2D eigenvalue weighted by Gasteiger charge is -2.22. The highest BCUT2D eigenvalue weighted by Crippen LogP contribution is 2.16. The third kappa shape index (κ3) is 3.10. The zero-order valence-corrected chi connectivity index (χ0v) is 8.87. The lowest BCUT2D eigenvalue weighted by Crippen LogP contribution is -2.29. The Morgan fingerprint density at radius 2 is 2.07 bits per heavy atom. The lowest BCUT2D eigenvalue weighted by molar-refractivity contribution is 0.0462. The first-order valence-electron chi connectivity index (χ1n) is 5.96. The Balaban J connectivity index is 1.73. The van der Waals surface area contributed by atoms with E-state index in [-0.39, 0.29) is 0 Å². The lowest BCUT2D eigenvalue weighted by atomic mass is 9.98. The first-order valence-corrected chi connectivity index (χ1v) is 5.96. The monoisotopic (exact) mass is 195 g/mol. The Labute approximate surface area is 86.7 Å². The van der Waals surface area contributed by atoms with Gasteiger partial charge in [-0.2, -0.15) is 0 Å². The van der Waals surface area contributed by atoms with Crippen molar-refractivity contribution in [1.29, 1.82) is 0 Å². The van der Waals surface area contributed by atoms with Crippen LogP contribution >= 0.6 is 0 Å². The molecule has 2 rings (SSSR count). The first-order chi connectivity index (χ1) is 6.95. The first kappa shape index (κ1) is 10.2. The van der Waals surface area contributed by atoms with Crippen molar-refractivity contribution in [2.75, 3.05) is 19.7 Å². The van der Waals surface area contributed by atoms with Gasteiger partial charge in [-0.25, -0.2) is 0 Å². The third-order valence-corrected chi connectivity index (χ3v) is 3.15. The summed E-state index contributed by atoms with van der Waals surface area (Å²) in [4.78, 5) is 0. The summed E-state index contributed by atoms with van der Waals surface area (Å²) in [5.41, 5.74) is 0. The van der Waals surface area contributed by atoms with E-state index < -0.39 is 0 Å². The van der Waals surface area contributed by atoms with Crippen LogP contribution in [0.2, 0.25) is 0 Å². The van der Waals surface area contributed by atoms with Crippen LogP contribution in [0.15, 0.2) is 12.2 Å². The quantitative estimate of drug-likeness (QED) is 0.681. The van der Waals surface area contributed by atoms with Crippen molar-refractivity contribution in [1.82, 2.24) is 5.32 Å². The van der Waals surface area contributed by atoms with Crippen LogP contribution in [0.5, 0.6) is 0 Å². The fourth-order valence-electron chi connectivity index (χ4n) is 2.24. The van der Waals surface area contributed by atoms with Gasteiger partial charge in [-0.1, -0.05) is 12.2 Å².